The Hall–Kier alpha value is -1.39. The molecule has 0 saturated heterocycles. The number of rotatable bonds is 3. The van der Waals surface area contributed by atoms with Gasteiger partial charge in [-0.2, -0.15) is 5.10 Å². The lowest BCUT2D eigenvalue weighted by Gasteiger charge is -2.09. The molecular formula is C14H16ClN3S. The molecule has 2 rings (SSSR count). The van der Waals surface area contributed by atoms with Gasteiger partial charge in [0.25, 0.3) is 0 Å². The smallest absolute Gasteiger partial charge is 0.103 e. The molecule has 5 heteroatoms. The first-order chi connectivity index (χ1) is 8.90. The predicted molar refractivity (Wildman–Crippen MR) is 82.9 cm³/mol. The molecule has 0 aliphatic carbocycles. The third-order valence-electron chi connectivity index (χ3n) is 3.24. The second kappa shape index (κ2) is 5.31. The summed E-state index contributed by atoms with van der Waals surface area (Å²) >= 11 is 11.1. The molecule has 0 fully saturated rings. The van der Waals surface area contributed by atoms with Crippen LogP contribution in [0.1, 0.15) is 28.1 Å². The molecule has 2 aromatic rings. The van der Waals surface area contributed by atoms with E-state index in [4.69, 9.17) is 29.6 Å². The minimum Gasteiger partial charge on any atom is -0.389 e. The van der Waals surface area contributed by atoms with Gasteiger partial charge < -0.3 is 5.73 Å². The standard InChI is InChI=1S/C14H16ClN3S/c1-8-6-11(14(16)19)4-5-12(8)7-18-10(3)13(15)9(2)17-18/h4-6H,7H2,1-3H3,(H2,16,19). The van der Waals surface area contributed by atoms with Crippen LogP contribution in [-0.4, -0.2) is 14.8 Å². The van der Waals surface area contributed by atoms with E-state index in [-0.39, 0.29) is 0 Å². The van der Waals surface area contributed by atoms with Crippen molar-refractivity contribution >= 4 is 28.8 Å². The lowest BCUT2D eigenvalue weighted by atomic mass is 10.1. The third kappa shape index (κ3) is 2.80. The highest BCUT2D eigenvalue weighted by Crippen LogP contribution is 2.21. The Labute approximate surface area is 123 Å². The maximum Gasteiger partial charge on any atom is 0.103 e. The van der Waals surface area contributed by atoms with Gasteiger partial charge in [0.05, 0.1) is 23.0 Å². The zero-order chi connectivity index (χ0) is 14.2. The Kier molecular flexibility index (Phi) is 3.92. The molecule has 0 saturated carbocycles. The largest absolute Gasteiger partial charge is 0.389 e. The highest BCUT2D eigenvalue weighted by molar-refractivity contribution is 7.80. The van der Waals surface area contributed by atoms with E-state index in [1.54, 1.807) is 0 Å². The molecule has 0 aliphatic heterocycles. The Morgan fingerprint density at radius 2 is 2.05 bits per heavy atom. The summed E-state index contributed by atoms with van der Waals surface area (Å²) in [6, 6.07) is 5.98. The lowest BCUT2D eigenvalue weighted by molar-refractivity contribution is 0.656. The number of hydrogen-bond acceptors (Lipinski definition) is 2. The van der Waals surface area contributed by atoms with Gasteiger partial charge in [0.15, 0.2) is 0 Å². The molecule has 0 bridgehead atoms. The summed E-state index contributed by atoms with van der Waals surface area (Å²) in [5, 5.41) is 5.17. The highest BCUT2D eigenvalue weighted by atomic mass is 35.5. The minimum absolute atomic E-state index is 0.420. The van der Waals surface area contributed by atoms with Crippen LogP contribution in [0, 0.1) is 20.8 Å². The Bertz CT molecular complexity index is 646. The molecule has 0 radical (unpaired) electrons. The fourth-order valence-electron chi connectivity index (χ4n) is 2.02. The van der Waals surface area contributed by atoms with Gasteiger partial charge in [-0.3, -0.25) is 4.68 Å². The van der Waals surface area contributed by atoms with E-state index in [1.165, 1.54) is 5.56 Å². The zero-order valence-corrected chi connectivity index (χ0v) is 12.8. The van der Waals surface area contributed by atoms with E-state index >= 15 is 0 Å². The average molecular weight is 294 g/mol. The average Bonchev–Trinajstić information content (AvgIpc) is 2.59. The minimum atomic E-state index is 0.420. The van der Waals surface area contributed by atoms with Crippen molar-refractivity contribution < 1.29 is 0 Å². The molecule has 1 aromatic carbocycles. The maximum atomic E-state index is 6.15. The number of hydrogen-bond donors (Lipinski definition) is 1. The number of aromatic nitrogens is 2. The summed E-state index contributed by atoms with van der Waals surface area (Å²) in [5.74, 6) is 0. The van der Waals surface area contributed by atoms with Crippen LogP contribution in [0.2, 0.25) is 5.02 Å². The summed E-state index contributed by atoms with van der Waals surface area (Å²) < 4.78 is 1.92. The number of nitrogens with two attached hydrogens (primary N) is 1. The Balaban J connectivity index is 2.33. The molecule has 1 heterocycles. The first-order valence-corrected chi connectivity index (χ1v) is 6.77. The summed E-state index contributed by atoms with van der Waals surface area (Å²) in [6.45, 7) is 6.63. The molecule has 0 amide bonds. The van der Waals surface area contributed by atoms with E-state index < -0.39 is 0 Å². The number of aryl methyl sites for hydroxylation is 2. The van der Waals surface area contributed by atoms with E-state index in [0.717, 1.165) is 27.5 Å². The van der Waals surface area contributed by atoms with Crippen LogP contribution < -0.4 is 5.73 Å². The van der Waals surface area contributed by atoms with Crippen LogP contribution in [0.4, 0.5) is 0 Å². The van der Waals surface area contributed by atoms with Crippen molar-refractivity contribution in [3.63, 3.8) is 0 Å². The van der Waals surface area contributed by atoms with Crippen molar-refractivity contribution in [2.45, 2.75) is 27.3 Å². The fraction of sp³-hybridized carbons (Fsp3) is 0.286. The van der Waals surface area contributed by atoms with Gasteiger partial charge in [-0.05, 0) is 38.0 Å². The zero-order valence-electron chi connectivity index (χ0n) is 11.2. The van der Waals surface area contributed by atoms with Crippen molar-refractivity contribution in [2.24, 2.45) is 5.73 Å². The molecule has 2 N–H and O–H groups in total. The topological polar surface area (TPSA) is 43.8 Å². The van der Waals surface area contributed by atoms with Crippen molar-refractivity contribution in [1.29, 1.82) is 0 Å². The van der Waals surface area contributed by atoms with Gasteiger partial charge in [-0.25, -0.2) is 0 Å². The van der Waals surface area contributed by atoms with Gasteiger partial charge in [-0.1, -0.05) is 36.0 Å². The van der Waals surface area contributed by atoms with Crippen molar-refractivity contribution in [3.8, 4) is 0 Å². The first kappa shape index (κ1) is 14.0. The molecule has 1 aromatic heterocycles. The van der Waals surface area contributed by atoms with Crippen LogP contribution in [-0.2, 0) is 6.54 Å². The van der Waals surface area contributed by atoms with Gasteiger partial charge >= 0.3 is 0 Å². The normalized spacial score (nSPS) is 10.7. The Morgan fingerprint density at radius 3 is 2.53 bits per heavy atom. The van der Waals surface area contributed by atoms with E-state index in [2.05, 4.69) is 5.10 Å². The van der Waals surface area contributed by atoms with Crippen LogP contribution in [0.5, 0.6) is 0 Å². The summed E-state index contributed by atoms with van der Waals surface area (Å²) in [6.07, 6.45) is 0. The molecule has 0 unspecified atom stereocenters. The molecule has 0 aliphatic rings. The summed E-state index contributed by atoms with van der Waals surface area (Å²) in [5.41, 5.74) is 10.7. The number of benzene rings is 1. The molecule has 3 nitrogen and oxygen atoms in total. The Morgan fingerprint density at radius 1 is 1.37 bits per heavy atom. The van der Waals surface area contributed by atoms with Crippen LogP contribution in [0.25, 0.3) is 0 Å². The van der Waals surface area contributed by atoms with Crippen LogP contribution in [0.15, 0.2) is 18.2 Å². The van der Waals surface area contributed by atoms with E-state index in [0.29, 0.717) is 11.5 Å². The molecular weight excluding hydrogens is 278 g/mol. The third-order valence-corrected chi connectivity index (χ3v) is 4.02. The van der Waals surface area contributed by atoms with Gasteiger partial charge in [0.2, 0.25) is 0 Å². The lowest BCUT2D eigenvalue weighted by Crippen LogP contribution is -2.11. The second-order valence-electron chi connectivity index (χ2n) is 4.65. The van der Waals surface area contributed by atoms with Gasteiger partial charge in [0, 0.05) is 5.56 Å². The predicted octanol–water partition coefficient (Wildman–Crippen LogP) is 3.14. The quantitative estimate of drug-likeness (QED) is 0.884. The van der Waals surface area contributed by atoms with Gasteiger partial charge in [0.1, 0.15) is 4.99 Å². The first-order valence-electron chi connectivity index (χ1n) is 5.99. The fourth-order valence-corrected chi connectivity index (χ4v) is 2.28. The van der Waals surface area contributed by atoms with E-state index in [9.17, 15) is 0 Å². The molecule has 0 spiro atoms. The van der Waals surface area contributed by atoms with Gasteiger partial charge in [-0.15, -0.1) is 0 Å². The molecule has 19 heavy (non-hydrogen) atoms. The maximum absolute atomic E-state index is 6.15. The van der Waals surface area contributed by atoms with Crippen molar-refractivity contribution in [1.82, 2.24) is 9.78 Å². The molecule has 100 valence electrons. The number of nitrogens with zero attached hydrogens (tertiary/aromatic N) is 2. The monoisotopic (exact) mass is 293 g/mol. The molecule has 0 atom stereocenters. The van der Waals surface area contributed by atoms with Crippen molar-refractivity contribution in [3.05, 3.63) is 51.3 Å². The number of halogens is 1. The van der Waals surface area contributed by atoms with E-state index in [1.807, 2.05) is 43.7 Å². The van der Waals surface area contributed by atoms with Crippen LogP contribution in [0.3, 0.4) is 0 Å². The SMILES string of the molecule is Cc1cc(C(N)=S)ccc1Cn1nc(C)c(Cl)c1C. The van der Waals surface area contributed by atoms with Crippen molar-refractivity contribution in [2.75, 3.05) is 0 Å². The summed E-state index contributed by atoms with van der Waals surface area (Å²) in [4.78, 5) is 0.420. The highest BCUT2D eigenvalue weighted by Gasteiger charge is 2.10. The number of thiocarbonyl (C=S) groups is 1. The second-order valence-corrected chi connectivity index (χ2v) is 5.47. The van der Waals surface area contributed by atoms with Crippen LogP contribution >= 0.6 is 23.8 Å². The summed E-state index contributed by atoms with van der Waals surface area (Å²) in [7, 11) is 0.